The molecule has 0 amide bonds. The summed E-state index contributed by atoms with van der Waals surface area (Å²) in [5.74, 6) is 0.782. The van der Waals surface area contributed by atoms with Gasteiger partial charge in [-0.3, -0.25) is 0 Å². The van der Waals surface area contributed by atoms with Gasteiger partial charge < -0.3 is 16.0 Å². The molecule has 0 aliphatic carbocycles. The molecule has 0 aromatic carbocycles. The Morgan fingerprint density at radius 3 is 2.79 bits per heavy atom. The fourth-order valence-corrected chi connectivity index (χ4v) is 2.48. The summed E-state index contributed by atoms with van der Waals surface area (Å²) in [4.78, 5) is 2.43. The fourth-order valence-electron chi connectivity index (χ4n) is 2.48. The molecule has 0 aromatic heterocycles. The van der Waals surface area contributed by atoms with Crippen LogP contribution in [0.4, 0.5) is 0 Å². The van der Waals surface area contributed by atoms with E-state index in [0.717, 1.165) is 12.3 Å². The Morgan fingerprint density at radius 1 is 1.57 bits per heavy atom. The third-order valence-electron chi connectivity index (χ3n) is 3.23. The number of nitrogens with one attached hydrogen (secondary N) is 1. The van der Waals surface area contributed by atoms with Gasteiger partial charge in [0.1, 0.15) is 0 Å². The molecule has 1 rings (SSSR count). The van der Waals surface area contributed by atoms with E-state index in [4.69, 9.17) is 5.73 Å². The number of hydrogen-bond acceptors (Lipinski definition) is 3. The van der Waals surface area contributed by atoms with Crippen LogP contribution in [0.2, 0.25) is 0 Å². The van der Waals surface area contributed by atoms with Gasteiger partial charge >= 0.3 is 0 Å². The first-order chi connectivity index (χ1) is 6.63. The molecule has 0 spiro atoms. The Balaban J connectivity index is 2.42. The Morgan fingerprint density at radius 2 is 2.29 bits per heavy atom. The minimum absolute atomic E-state index is 0.305. The van der Waals surface area contributed by atoms with Crippen molar-refractivity contribution >= 4 is 0 Å². The molecule has 1 heterocycles. The molecule has 1 saturated heterocycles. The Kier molecular flexibility index (Phi) is 4.85. The molecule has 0 saturated carbocycles. The standard InChI is InChI=1S/C11H25N3/c1-9(12)7-11(13-2)10-5-4-6-14(3)8-10/h9-11,13H,4-8,12H2,1-3H3. The van der Waals surface area contributed by atoms with Gasteiger partial charge in [0.15, 0.2) is 0 Å². The molecular weight excluding hydrogens is 174 g/mol. The number of piperidine rings is 1. The Labute approximate surface area is 88.0 Å². The van der Waals surface area contributed by atoms with Gasteiger partial charge in [-0.2, -0.15) is 0 Å². The first kappa shape index (κ1) is 12.0. The highest BCUT2D eigenvalue weighted by molar-refractivity contribution is 4.82. The van der Waals surface area contributed by atoms with E-state index >= 15 is 0 Å². The highest BCUT2D eigenvalue weighted by atomic mass is 15.1. The zero-order chi connectivity index (χ0) is 10.6. The molecule has 3 atom stereocenters. The molecule has 0 aromatic rings. The van der Waals surface area contributed by atoms with E-state index in [0.29, 0.717) is 12.1 Å². The number of nitrogens with zero attached hydrogens (tertiary/aromatic N) is 1. The van der Waals surface area contributed by atoms with Crippen molar-refractivity contribution in [3.05, 3.63) is 0 Å². The molecule has 3 nitrogen and oxygen atoms in total. The van der Waals surface area contributed by atoms with Gasteiger partial charge in [-0.05, 0) is 52.7 Å². The first-order valence-electron chi connectivity index (χ1n) is 5.75. The molecule has 0 radical (unpaired) electrons. The van der Waals surface area contributed by atoms with E-state index in [-0.39, 0.29) is 0 Å². The monoisotopic (exact) mass is 199 g/mol. The summed E-state index contributed by atoms with van der Waals surface area (Å²) in [6.45, 7) is 4.57. The summed E-state index contributed by atoms with van der Waals surface area (Å²) in [6, 6.07) is 0.900. The minimum Gasteiger partial charge on any atom is -0.328 e. The van der Waals surface area contributed by atoms with Crippen molar-refractivity contribution < 1.29 is 0 Å². The third kappa shape index (κ3) is 3.56. The first-order valence-corrected chi connectivity index (χ1v) is 5.75. The summed E-state index contributed by atoms with van der Waals surface area (Å²) in [6.07, 6.45) is 3.77. The van der Waals surface area contributed by atoms with Crippen LogP contribution in [0.15, 0.2) is 0 Å². The van der Waals surface area contributed by atoms with Crippen LogP contribution in [0.1, 0.15) is 26.2 Å². The molecule has 3 unspecified atom stereocenters. The number of nitrogens with two attached hydrogens (primary N) is 1. The van der Waals surface area contributed by atoms with Crippen molar-refractivity contribution in [1.29, 1.82) is 0 Å². The molecule has 1 fully saturated rings. The Hall–Kier alpha value is -0.120. The highest BCUT2D eigenvalue weighted by Crippen LogP contribution is 2.20. The maximum atomic E-state index is 5.86. The van der Waals surface area contributed by atoms with Crippen molar-refractivity contribution in [2.24, 2.45) is 11.7 Å². The van der Waals surface area contributed by atoms with Gasteiger partial charge in [0.05, 0.1) is 0 Å². The predicted molar refractivity (Wildman–Crippen MR) is 61.3 cm³/mol. The van der Waals surface area contributed by atoms with Crippen molar-refractivity contribution in [3.8, 4) is 0 Å². The summed E-state index contributed by atoms with van der Waals surface area (Å²) in [5, 5.41) is 3.42. The van der Waals surface area contributed by atoms with Gasteiger partial charge in [0, 0.05) is 18.6 Å². The Bertz CT molecular complexity index is 157. The lowest BCUT2D eigenvalue weighted by Crippen LogP contribution is -2.45. The molecular formula is C11H25N3. The van der Waals surface area contributed by atoms with Crippen molar-refractivity contribution in [3.63, 3.8) is 0 Å². The lowest BCUT2D eigenvalue weighted by molar-refractivity contribution is 0.169. The molecule has 3 N–H and O–H groups in total. The van der Waals surface area contributed by atoms with Crippen LogP contribution in [0.5, 0.6) is 0 Å². The second-order valence-electron chi connectivity index (χ2n) is 4.77. The van der Waals surface area contributed by atoms with Crippen LogP contribution in [-0.2, 0) is 0 Å². The van der Waals surface area contributed by atoms with Gasteiger partial charge in [-0.25, -0.2) is 0 Å². The average molecular weight is 199 g/mol. The predicted octanol–water partition coefficient (Wildman–Crippen LogP) is 0.654. The number of rotatable bonds is 4. The van der Waals surface area contributed by atoms with Gasteiger partial charge in [-0.15, -0.1) is 0 Å². The number of likely N-dealkylation sites (tertiary alicyclic amines) is 1. The second-order valence-corrected chi connectivity index (χ2v) is 4.77. The van der Waals surface area contributed by atoms with E-state index < -0.39 is 0 Å². The summed E-state index contributed by atoms with van der Waals surface area (Å²) in [5.41, 5.74) is 5.86. The molecule has 14 heavy (non-hydrogen) atoms. The summed E-state index contributed by atoms with van der Waals surface area (Å²) < 4.78 is 0. The van der Waals surface area contributed by atoms with Gasteiger partial charge in [0.25, 0.3) is 0 Å². The maximum absolute atomic E-state index is 5.86. The van der Waals surface area contributed by atoms with E-state index in [2.05, 4.69) is 31.2 Å². The van der Waals surface area contributed by atoms with Crippen molar-refractivity contribution in [1.82, 2.24) is 10.2 Å². The van der Waals surface area contributed by atoms with E-state index in [1.807, 2.05) is 0 Å². The van der Waals surface area contributed by atoms with Gasteiger partial charge in [-0.1, -0.05) is 0 Å². The quantitative estimate of drug-likeness (QED) is 0.698. The molecule has 1 aliphatic rings. The number of hydrogen-bond donors (Lipinski definition) is 2. The summed E-state index contributed by atoms with van der Waals surface area (Å²) in [7, 11) is 4.27. The summed E-state index contributed by atoms with van der Waals surface area (Å²) >= 11 is 0. The third-order valence-corrected chi connectivity index (χ3v) is 3.23. The minimum atomic E-state index is 0.305. The normalized spacial score (nSPS) is 28.7. The molecule has 0 bridgehead atoms. The molecule has 84 valence electrons. The average Bonchev–Trinajstić information content (AvgIpc) is 2.14. The zero-order valence-electron chi connectivity index (χ0n) is 9.79. The van der Waals surface area contributed by atoms with Crippen LogP contribution < -0.4 is 11.1 Å². The van der Waals surface area contributed by atoms with Gasteiger partial charge in [0.2, 0.25) is 0 Å². The van der Waals surface area contributed by atoms with Crippen molar-refractivity contribution in [2.75, 3.05) is 27.2 Å². The molecule has 3 heteroatoms. The van der Waals surface area contributed by atoms with Crippen molar-refractivity contribution in [2.45, 2.75) is 38.3 Å². The molecule has 1 aliphatic heterocycles. The fraction of sp³-hybridized carbons (Fsp3) is 1.00. The smallest absolute Gasteiger partial charge is 0.0119 e. The van der Waals surface area contributed by atoms with Crippen LogP contribution in [0.3, 0.4) is 0 Å². The van der Waals surface area contributed by atoms with Crippen LogP contribution >= 0.6 is 0 Å². The second kappa shape index (κ2) is 5.69. The lowest BCUT2D eigenvalue weighted by Gasteiger charge is -2.35. The lowest BCUT2D eigenvalue weighted by atomic mass is 9.87. The topological polar surface area (TPSA) is 41.3 Å². The van der Waals surface area contributed by atoms with E-state index in [1.165, 1.54) is 25.9 Å². The SMILES string of the molecule is CNC(CC(C)N)C1CCCN(C)C1. The maximum Gasteiger partial charge on any atom is 0.0119 e. The largest absolute Gasteiger partial charge is 0.328 e. The van der Waals surface area contributed by atoms with Crippen LogP contribution in [-0.4, -0.2) is 44.2 Å². The highest BCUT2D eigenvalue weighted by Gasteiger charge is 2.25. The van der Waals surface area contributed by atoms with Crippen LogP contribution in [0.25, 0.3) is 0 Å². The zero-order valence-corrected chi connectivity index (χ0v) is 9.79. The van der Waals surface area contributed by atoms with E-state index in [9.17, 15) is 0 Å². The van der Waals surface area contributed by atoms with E-state index in [1.54, 1.807) is 0 Å². The van der Waals surface area contributed by atoms with Crippen LogP contribution in [0, 0.1) is 5.92 Å².